The summed E-state index contributed by atoms with van der Waals surface area (Å²) in [7, 11) is 0. The van der Waals surface area contributed by atoms with Gasteiger partial charge >= 0.3 is 12.3 Å². The summed E-state index contributed by atoms with van der Waals surface area (Å²) in [6, 6.07) is 1.54. The van der Waals surface area contributed by atoms with Crippen LogP contribution in [0.5, 0.6) is 0 Å². The van der Waals surface area contributed by atoms with Crippen molar-refractivity contribution >= 4 is 0 Å². The molecular weight excluding hydrogens is 278 g/mol. The van der Waals surface area contributed by atoms with Crippen molar-refractivity contribution in [1.29, 1.82) is 0 Å². The van der Waals surface area contributed by atoms with Gasteiger partial charge in [-0.1, -0.05) is 6.92 Å². The molecule has 0 spiro atoms. The number of nitrogens with one attached hydrogen (secondary N) is 1. The summed E-state index contributed by atoms with van der Waals surface area (Å²) in [5, 5.41) is 3.12. The van der Waals surface area contributed by atoms with Gasteiger partial charge in [0.1, 0.15) is 6.61 Å². The summed E-state index contributed by atoms with van der Waals surface area (Å²) in [5.74, 6) is -4.11. The normalized spacial score (nSPS) is 13.9. The summed E-state index contributed by atoms with van der Waals surface area (Å²) in [6.07, 6.45) is 0.747. The third-order valence-corrected chi connectivity index (χ3v) is 2.68. The fourth-order valence-corrected chi connectivity index (χ4v) is 1.63. The molecule has 0 aromatic carbocycles. The summed E-state index contributed by atoms with van der Waals surface area (Å²) in [6.45, 7) is 1.32. The van der Waals surface area contributed by atoms with Crippen molar-refractivity contribution in [2.45, 2.75) is 38.2 Å². The first kappa shape index (κ1) is 17.0. The van der Waals surface area contributed by atoms with Crippen LogP contribution < -0.4 is 5.32 Å². The number of ether oxygens (including phenoxy) is 1. The highest BCUT2D eigenvalue weighted by Gasteiger charge is 2.41. The van der Waals surface area contributed by atoms with Crippen LogP contribution >= 0.6 is 0 Å². The van der Waals surface area contributed by atoms with Crippen molar-refractivity contribution in [3.63, 3.8) is 0 Å². The smallest absolute Gasteiger partial charge is 0.330 e. The van der Waals surface area contributed by atoms with Crippen LogP contribution in [0.25, 0.3) is 0 Å². The van der Waals surface area contributed by atoms with Gasteiger partial charge in [0, 0.05) is 6.04 Å². The quantitative estimate of drug-likeness (QED) is 0.674. The molecule has 0 radical (unpaired) electrons. The first-order valence-electron chi connectivity index (χ1n) is 6.44. The van der Waals surface area contributed by atoms with Gasteiger partial charge in [0.25, 0.3) is 0 Å². The summed E-state index contributed by atoms with van der Waals surface area (Å²) in [5.41, 5.74) is 0.892. The van der Waals surface area contributed by atoms with E-state index in [1.807, 2.05) is 6.92 Å². The van der Waals surface area contributed by atoms with Crippen molar-refractivity contribution in [3.8, 4) is 0 Å². The molecule has 0 saturated carbocycles. The monoisotopic (exact) mass is 297 g/mol. The molecule has 1 aromatic heterocycles. The minimum absolute atomic E-state index is 0.0620. The topological polar surface area (TPSA) is 34.4 Å². The molecule has 0 bridgehead atoms. The number of hydrogen-bond donors (Lipinski definition) is 1. The molecule has 1 heterocycles. The molecule has 7 heteroatoms. The van der Waals surface area contributed by atoms with E-state index in [-0.39, 0.29) is 12.6 Å². The molecule has 3 nitrogen and oxygen atoms in total. The molecular formula is C13H19F4NO2. The second-order valence-corrected chi connectivity index (χ2v) is 4.56. The van der Waals surface area contributed by atoms with Crippen LogP contribution in [-0.2, 0) is 11.2 Å². The first-order chi connectivity index (χ1) is 9.45. The first-order valence-corrected chi connectivity index (χ1v) is 6.44. The second kappa shape index (κ2) is 8.26. The van der Waals surface area contributed by atoms with Gasteiger partial charge in [-0.25, -0.2) is 8.78 Å². The number of alkyl halides is 4. The highest BCUT2D eigenvalue weighted by molar-refractivity contribution is 5.07. The van der Waals surface area contributed by atoms with Gasteiger partial charge in [-0.2, -0.15) is 8.78 Å². The second-order valence-electron chi connectivity index (χ2n) is 4.56. The van der Waals surface area contributed by atoms with Crippen molar-refractivity contribution in [2.75, 3.05) is 19.8 Å². The minimum atomic E-state index is -4.11. The highest BCUT2D eigenvalue weighted by atomic mass is 19.3. The zero-order valence-corrected chi connectivity index (χ0v) is 11.3. The Kier molecular flexibility index (Phi) is 7.01. The average Bonchev–Trinajstić information content (AvgIpc) is 2.88. The van der Waals surface area contributed by atoms with Gasteiger partial charge in [0.15, 0.2) is 0 Å². The number of rotatable bonds is 10. The van der Waals surface area contributed by atoms with E-state index in [2.05, 4.69) is 5.32 Å². The Morgan fingerprint density at radius 3 is 2.70 bits per heavy atom. The molecule has 1 rings (SSSR count). The Labute approximate surface area is 115 Å². The Morgan fingerprint density at radius 2 is 2.15 bits per heavy atom. The van der Waals surface area contributed by atoms with Crippen LogP contribution in [0.2, 0.25) is 0 Å². The van der Waals surface area contributed by atoms with Gasteiger partial charge in [0.2, 0.25) is 0 Å². The molecule has 1 aromatic rings. The molecule has 0 fully saturated rings. The lowest BCUT2D eigenvalue weighted by Crippen LogP contribution is -2.39. The van der Waals surface area contributed by atoms with Crippen LogP contribution in [0.1, 0.15) is 18.9 Å². The largest absolute Gasteiger partial charge is 0.472 e. The Hall–Kier alpha value is -1.08. The van der Waals surface area contributed by atoms with Crippen molar-refractivity contribution in [2.24, 2.45) is 0 Å². The number of hydrogen-bond acceptors (Lipinski definition) is 3. The third kappa shape index (κ3) is 5.92. The van der Waals surface area contributed by atoms with Crippen LogP contribution in [0, 0.1) is 0 Å². The van der Waals surface area contributed by atoms with E-state index in [0.29, 0.717) is 13.0 Å². The molecule has 1 unspecified atom stereocenters. The lowest BCUT2D eigenvalue weighted by molar-refractivity contribution is -0.167. The van der Waals surface area contributed by atoms with Gasteiger partial charge in [-0.05, 0) is 31.0 Å². The minimum Gasteiger partial charge on any atom is -0.472 e. The molecule has 0 saturated heterocycles. The van der Waals surface area contributed by atoms with E-state index >= 15 is 0 Å². The molecule has 0 aliphatic rings. The molecule has 20 heavy (non-hydrogen) atoms. The third-order valence-electron chi connectivity index (χ3n) is 2.68. The van der Waals surface area contributed by atoms with Crippen LogP contribution in [0.3, 0.4) is 0 Å². The molecule has 1 N–H and O–H groups in total. The predicted molar refractivity (Wildman–Crippen MR) is 66.3 cm³/mol. The van der Waals surface area contributed by atoms with E-state index < -0.39 is 19.0 Å². The summed E-state index contributed by atoms with van der Waals surface area (Å²) >= 11 is 0. The lowest BCUT2D eigenvalue weighted by atomic mass is 10.1. The van der Waals surface area contributed by atoms with Gasteiger partial charge in [-0.3, -0.25) is 0 Å². The number of furan rings is 1. The van der Waals surface area contributed by atoms with E-state index in [4.69, 9.17) is 9.15 Å². The van der Waals surface area contributed by atoms with E-state index in [9.17, 15) is 17.6 Å². The fourth-order valence-electron chi connectivity index (χ4n) is 1.63. The van der Waals surface area contributed by atoms with Crippen molar-refractivity contribution in [1.82, 2.24) is 5.32 Å². The Balaban J connectivity index is 2.40. The Bertz CT molecular complexity index is 357. The van der Waals surface area contributed by atoms with Crippen LogP contribution in [0.4, 0.5) is 17.6 Å². The van der Waals surface area contributed by atoms with Crippen molar-refractivity contribution < 1.29 is 26.7 Å². The Morgan fingerprint density at radius 1 is 1.40 bits per heavy atom. The predicted octanol–water partition coefficient (Wildman–Crippen LogP) is 3.11. The van der Waals surface area contributed by atoms with Gasteiger partial charge < -0.3 is 14.5 Å². The molecule has 116 valence electrons. The maximum absolute atomic E-state index is 12.7. The highest BCUT2D eigenvalue weighted by Crippen LogP contribution is 2.22. The molecule has 0 aliphatic heterocycles. The average molecular weight is 297 g/mol. The van der Waals surface area contributed by atoms with E-state index in [1.165, 1.54) is 6.26 Å². The van der Waals surface area contributed by atoms with Crippen LogP contribution in [-0.4, -0.2) is 38.1 Å². The summed E-state index contributed by atoms with van der Waals surface area (Å²) in [4.78, 5) is 0. The molecule has 0 aliphatic carbocycles. The maximum Gasteiger partial charge on any atom is 0.330 e. The zero-order chi connectivity index (χ0) is 15.0. The SMILES string of the molecule is CCCNC(COCC(F)(F)C(F)F)Cc1ccoc1. The van der Waals surface area contributed by atoms with Crippen molar-refractivity contribution in [3.05, 3.63) is 24.2 Å². The van der Waals surface area contributed by atoms with E-state index in [1.54, 1.807) is 12.3 Å². The standard InChI is InChI=1S/C13H19F4NO2/c1-2-4-18-11(6-10-3-5-19-7-10)8-20-9-13(16,17)12(14)15/h3,5,7,11-12,18H,2,4,6,8-9H2,1H3. The summed E-state index contributed by atoms with van der Waals surface area (Å²) < 4.78 is 59.1. The lowest BCUT2D eigenvalue weighted by Gasteiger charge is -2.20. The molecule has 0 amide bonds. The zero-order valence-electron chi connectivity index (χ0n) is 11.3. The van der Waals surface area contributed by atoms with E-state index in [0.717, 1.165) is 12.0 Å². The maximum atomic E-state index is 12.7. The van der Waals surface area contributed by atoms with Crippen LogP contribution in [0.15, 0.2) is 23.0 Å². The van der Waals surface area contributed by atoms with Gasteiger partial charge in [0.05, 0.1) is 19.1 Å². The molecule has 1 atom stereocenters. The van der Waals surface area contributed by atoms with Gasteiger partial charge in [-0.15, -0.1) is 0 Å². The fraction of sp³-hybridized carbons (Fsp3) is 0.692. The number of halogens is 4.